The van der Waals surface area contributed by atoms with Gasteiger partial charge in [-0.15, -0.1) is 0 Å². The predicted octanol–water partition coefficient (Wildman–Crippen LogP) is 16.5. The largest absolute Gasteiger partial charge is 0.317 e. The van der Waals surface area contributed by atoms with E-state index in [0.717, 1.165) is 120 Å². The Morgan fingerprint density at radius 2 is 0.639 bits per heavy atom. The van der Waals surface area contributed by atoms with E-state index in [-0.39, 0.29) is 0 Å². The van der Waals surface area contributed by atoms with Gasteiger partial charge in [0, 0.05) is 63.2 Å². The van der Waals surface area contributed by atoms with E-state index in [9.17, 15) is 0 Å². The monoisotopic (exact) mass is 1400 g/mol. The fraction of sp³-hybridized carbons (Fsp3) is 0.421. The molecule has 6 aliphatic rings. The number of hydrogen-bond acceptors (Lipinski definition) is 6. The molecule has 6 aromatic rings. The molecule has 3 saturated heterocycles. The molecular formula is C57H57Br6Cl3N6. The molecule has 1 unspecified atom stereocenters. The second kappa shape index (κ2) is 24.6. The van der Waals surface area contributed by atoms with E-state index in [4.69, 9.17) is 49.8 Å². The number of fused-ring (bicyclic) bond motifs is 6. The highest BCUT2D eigenvalue weighted by Crippen LogP contribution is 2.48. The minimum Gasteiger partial charge on any atom is -0.317 e. The summed E-state index contributed by atoms with van der Waals surface area (Å²) in [6.07, 6.45) is 19.1. The number of aryl methyl sites for hydroxylation is 3. The molecule has 3 aromatic carbocycles. The summed E-state index contributed by atoms with van der Waals surface area (Å²) in [6.45, 7) is 6.57. The van der Waals surface area contributed by atoms with Crippen LogP contribution in [0.4, 0.5) is 0 Å². The van der Waals surface area contributed by atoms with E-state index >= 15 is 0 Å². The van der Waals surface area contributed by atoms with Crippen molar-refractivity contribution >= 4 is 130 Å². The van der Waals surface area contributed by atoms with Crippen LogP contribution in [-0.2, 0) is 38.5 Å². The fourth-order valence-electron chi connectivity index (χ4n) is 12.6. The minimum absolute atomic E-state index is 0.362. The normalized spacial score (nSPS) is 21.0. The quantitative estimate of drug-likeness (QED) is 0.164. The van der Waals surface area contributed by atoms with E-state index < -0.39 is 0 Å². The molecule has 3 aliphatic carbocycles. The lowest BCUT2D eigenvalue weighted by molar-refractivity contribution is 0.338. The van der Waals surface area contributed by atoms with Crippen molar-refractivity contribution in [1.29, 1.82) is 0 Å². The lowest BCUT2D eigenvalue weighted by Crippen LogP contribution is -2.32. The number of hydrogen-bond donors (Lipinski definition) is 3. The van der Waals surface area contributed by atoms with Crippen LogP contribution in [0.2, 0.25) is 15.1 Å². The van der Waals surface area contributed by atoms with E-state index in [1.165, 1.54) is 106 Å². The molecule has 0 radical (unpaired) electrons. The molecule has 3 atom stereocenters. The summed E-state index contributed by atoms with van der Waals surface area (Å²) >= 11 is 41.1. The summed E-state index contributed by atoms with van der Waals surface area (Å²) < 4.78 is 6.38. The van der Waals surface area contributed by atoms with Crippen molar-refractivity contribution in [3.8, 4) is 0 Å². The number of aromatic nitrogens is 3. The van der Waals surface area contributed by atoms with Gasteiger partial charge in [0.05, 0.1) is 32.1 Å². The second-order valence-corrected chi connectivity index (χ2v) is 26.4. The van der Waals surface area contributed by atoms with Crippen molar-refractivity contribution in [1.82, 2.24) is 30.9 Å². The van der Waals surface area contributed by atoms with Gasteiger partial charge in [0.1, 0.15) is 0 Å². The van der Waals surface area contributed by atoms with Crippen LogP contribution in [0, 0.1) is 17.8 Å². The second-order valence-electron chi connectivity index (χ2n) is 20.1. The topological polar surface area (TPSA) is 74.8 Å². The molecule has 0 amide bonds. The standard InChI is InChI=1S/3C19H19Br2ClN2/c3*20-13-9-12-1-2-15-14(3-4-16(22)18(15)21)17(19(12)24-10-13)11-5-7-23-8-6-11/h3*3-4,9-11,17,23H,1-2,5-8H2/t2*17-;/m10./s1. The Morgan fingerprint density at radius 3 is 0.903 bits per heavy atom. The number of rotatable bonds is 3. The summed E-state index contributed by atoms with van der Waals surface area (Å²) in [5, 5.41) is 12.9. The van der Waals surface area contributed by atoms with E-state index in [2.05, 4.69) is 148 Å². The highest BCUT2D eigenvalue weighted by molar-refractivity contribution is 9.11. The third kappa shape index (κ3) is 11.8. The van der Waals surface area contributed by atoms with E-state index in [0.29, 0.717) is 35.5 Å². The Kier molecular flexibility index (Phi) is 18.5. The first-order chi connectivity index (χ1) is 34.9. The highest BCUT2D eigenvalue weighted by Gasteiger charge is 2.37. The Hall–Kier alpha value is -1.26. The lowest BCUT2D eigenvalue weighted by atomic mass is 9.77. The van der Waals surface area contributed by atoms with Gasteiger partial charge in [0.25, 0.3) is 0 Å². The van der Waals surface area contributed by atoms with Crippen LogP contribution in [0.3, 0.4) is 0 Å². The average molecular weight is 1410 g/mol. The third-order valence-corrected chi connectivity index (χ3v) is 21.6. The summed E-state index contributed by atoms with van der Waals surface area (Å²) in [5.41, 5.74) is 16.2. The van der Waals surface area contributed by atoms with Crippen molar-refractivity contribution in [2.45, 2.75) is 94.8 Å². The zero-order chi connectivity index (χ0) is 50.0. The molecule has 6 heterocycles. The van der Waals surface area contributed by atoms with E-state index in [1.807, 2.05) is 36.8 Å². The Morgan fingerprint density at radius 1 is 0.375 bits per heavy atom. The van der Waals surface area contributed by atoms with Crippen molar-refractivity contribution in [2.24, 2.45) is 17.8 Å². The van der Waals surface area contributed by atoms with Gasteiger partial charge in [-0.25, -0.2) is 0 Å². The van der Waals surface area contributed by atoms with Gasteiger partial charge in [-0.2, -0.15) is 0 Å². The molecule has 0 spiro atoms. The molecule has 6 nitrogen and oxygen atoms in total. The molecule has 3 N–H and O–H groups in total. The average Bonchev–Trinajstić information content (AvgIpc) is 3.75. The molecular weight excluding hydrogens is 1350 g/mol. The van der Waals surface area contributed by atoms with Gasteiger partial charge in [-0.05, 0) is 316 Å². The minimum atomic E-state index is 0.362. The predicted molar refractivity (Wildman–Crippen MR) is 318 cm³/mol. The third-order valence-electron chi connectivity index (χ3n) is 16.0. The number of nitrogens with zero attached hydrogens (tertiary/aromatic N) is 3. The van der Waals surface area contributed by atoms with Gasteiger partial charge in [-0.3, -0.25) is 15.0 Å². The molecule has 15 heteroatoms. The lowest BCUT2D eigenvalue weighted by Gasteiger charge is -2.32. The zero-order valence-corrected chi connectivity index (χ0v) is 51.6. The van der Waals surface area contributed by atoms with Crippen LogP contribution in [0.15, 0.2) is 100 Å². The Labute approximate surface area is 490 Å². The first kappa shape index (κ1) is 54.1. The fourth-order valence-corrected chi connectivity index (χ4v) is 15.9. The van der Waals surface area contributed by atoms with Crippen molar-refractivity contribution < 1.29 is 0 Å². The van der Waals surface area contributed by atoms with Gasteiger partial charge < -0.3 is 16.0 Å². The van der Waals surface area contributed by atoms with Gasteiger partial charge in [0.2, 0.25) is 0 Å². The molecule has 0 bridgehead atoms. The van der Waals surface area contributed by atoms with Crippen LogP contribution in [-0.4, -0.2) is 54.2 Å². The number of piperidine rings is 3. The maximum absolute atomic E-state index is 6.39. The Bertz CT molecular complexity index is 2630. The van der Waals surface area contributed by atoms with Crippen molar-refractivity contribution in [3.63, 3.8) is 0 Å². The van der Waals surface area contributed by atoms with Crippen LogP contribution in [0.5, 0.6) is 0 Å². The van der Waals surface area contributed by atoms with Crippen LogP contribution < -0.4 is 16.0 Å². The maximum atomic E-state index is 6.39. The van der Waals surface area contributed by atoms with Crippen LogP contribution >= 0.6 is 130 Å². The van der Waals surface area contributed by atoms with Crippen molar-refractivity contribution in [2.75, 3.05) is 39.3 Å². The van der Waals surface area contributed by atoms with E-state index in [1.54, 1.807) is 0 Å². The molecule has 72 heavy (non-hydrogen) atoms. The first-order valence-corrected chi connectivity index (χ1v) is 31.3. The summed E-state index contributed by atoms with van der Waals surface area (Å²) in [5.74, 6) is 2.97. The van der Waals surface area contributed by atoms with Gasteiger partial charge in [0.15, 0.2) is 0 Å². The first-order valence-electron chi connectivity index (χ1n) is 25.4. The zero-order valence-electron chi connectivity index (χ0n) is 39.9. The molecule has 12 rings (SSSR count). The molecule has 3 fully saturated rings. The summed E-state index contributed by atoms with van der Waals surface area (Å²) in [4.78, 5) is 14.6. The SMILES string of the molecule is Clc1ccc2c(c1Br)CCc1cc(Br)cnc1C2C1CCNCC1.Clc1ccc2c(c1Br)CCc1cc(Br)cnc1[C@@H]2C1CCNCC1.Clc1ccc2c(c1Br)CCc1cc(Br)cnc1[C@H]2C1CCNCC1. The van der Waals surface area contributed by atoms with Crippen LogP contribution in [0.1, 0.15) is 123 Å². The van der Waals surface area contributed by atoms with Crippen molar-refractivity contribution in [3.05, 3.63) is 182 Å². The number of benzene rings is 3. The van der Waals surface area contributed by atoms with Crippen LogP contribution in [0.25, 0.3) is 0 Å². The molecule has 378 valence electrons. The molecule has 3 aliphatic heterocycles. The summed E-state index contributed by atoms with van der Waals surface area (Å²) in [6, 6.07) is 19.5. The molecule has 3 aromatic heterocycles. The number of halogens is 9. The molecule has 0 saturated carbocycles. The Balaban J connectivity index is 0.000000124. The smallest absolute Gasteiger partial charge is 0.0551 e. The highest BCUT2D eigenvalue weighted by atomic mass is 79.9. The summed E-state index contributed by atoms with van der Waals surface area (Å²) in [7, 11) is 0. The van der Waals surface area contributed by atoms with Gasteiger partial charge >= 0.3 is 0 Å². The number of nitrogens with one attached hydrogen (secondary N) is 3. The maximum Gasteiger partial charge on any atom is 0.0551 e. The number of pyridine rings is 3. The van der Waals surface area contributed by atoms with Gasteiger partial charge in [-0.1, -0.05) is 53.0 Å².